The first kappa shape index (κ1) is 30.9. The summed E-state index contributed by atoms with van der Waals surface area (Å²) >= 11 is 0. The van der Waals surface area contributed by atoms with Gasteiger partial charge in [0.05, 0.1) is 13.1 Å². The van der Waals surface area contributed by atoms with E-state index in [9.17, 15) is 24.0 Å². The summed E-state index contributed by atoms with van der Waals surface area (Å²) in [7, 11) is 0. The van der Waals surface area contributed by atoms with Gasteiger partial charge in [-0.05, 0) is 32.1 Å². The molecule has 0 saturated carbocycles. The SMILES string of the molecule is CCCCCCN(N=C=O)C(=O)N(CCCCCCN=C=O)C(=O)NCCCCCCN=C=O. The van der Waals surface area contributed by atoms with E-state index in [4.69, 9.17) is 0 Å². The molecular formula is C23H38N6O5. The molecule has 0 aromatic rings. The maximum Gasteiger partial charge on any atom is 0.349 e. The number of isocyanates is 3. The maximum absolute atomic E-state index is 13.0. The molecule has 0 spiro atoms. The lowest BCUT2D eigenvalue weighted by Crippen LogP contribution is -2.49. The van der Waals surface area contributed by atoms with Crippen LogP contribution in [0.4, 0.5) is 9.59 Å². The van der Waals surface area contributed by atoms with E-state index in [1.165, 1.54) is 18.2 Å². The van der Waals surface area contributed by atoms with Crippen molar-refractivity contribution in [2.75, 3.05) is 32.7 Å². The highest BCUT2D eigenvalue weighted by molar-refractivity contribution is 5.93. The molecule has 0 aliphatic carbocycles. The molecule has 0 rings (SSSR count). The average Bonchev–Trinajstić information content (AvgIpc) is 2.84. The van der Waals surface area contributed by atoms with Gasteiger partial charge in [-0.1, -0.05) is 57.0 Å². The van der Waals surface area contributed by atoms with Gasteiger partial charge in [-0.2, -0.15) is 0 Å². The Kier molecular flexibility index (Phi) is 20.9. The fourth-order valence-corrected chi connectivity index (χ4v) is 3.22. The number of carbonyl (C=O) groups is 2. The highest BCUT2D eigenvalue weighted by atomic mass is 16.2. The predicted molar refractivity (Wildman–Crippen MR) is 127 cm³/mol. The molecule has 1 N–H and O–H groups in total. The molecule has 0 fully saturated rings. The van der Waals surface area contributed by atoms with Crippen molar-refractivity contribution in [3.63, 3.8) is 0 Å². The minimum atomic E-state index is -0.644. The molecule has 0 atom stereocenters. The van der Waals surface area contributed by atoms with E-state index in [1.807, 2.05) is 0 Å². The molecule has 0 unspecified atom stereocenters. The Bertz CT molecular complexity index is 713. The molecule has 11 nitrogen and oxygen atoms in total. The lowest BCUT2D eigenvalue weighted by atomic mass is 10.2. The number of nitrogens with one attached hydrogen (secondary N) is 1. The van der Waals surface area contributed by atoms with Crippen LogP contribution in [-0.2, 0) is 14.4 Å². The number of hydrogen-bond donors (Lipinski definition) is 1. The largest absolute Gasteiger partial charge is 0.349 e. The molecule has 0 aliphatic heterocycles. The Labute approximate surface area is 201 Å². The second kappa shape index (κ2) is 23.1. The van der Waals surface area contributed by atoms with Gasteiger partial charge >= 0.3 is 12.1 Å². The summed E-state index contributed by atoms with van der Waals surface area (Å²) in [6.45, 7) is 3.76. The second-order valence-electron chi connectivity index (χ2n) is 7.82. The number of hydrazone groups is 1. The Morgan fingerprint density at radius 2 is 1.26 bits per heavy atom. The first-order valence-electron chi connectivity index (χ1n) is 12.1. The summed E-state index contributed by atoms with van der Waals surface area (Å²) < 4.78 is 0. The Morgan fingerprint density at radius 3 is 1.85 bits per heavy atom. The van der Waals surface area contributed by atoms with Crippen LogP contribution >= 0.6 is 0 Å². The van der Waals surface area contributed by atoms with E-state index in [0.29, 0.717) is 32.5 Å². The van der Waals surface area contributed by atoms with Crippen molar-refractivity contribution in [3.8, 4) is 0 Å². The Balaban J connectivity index is 4.83. The van der Waals surface area contributed by atoms with Crippen molar-refractivity contribution in [3.05, 3.63) is 0 Å². The average molecular weight is 479 g/mol. The highest BCUT2D eigenvalue weighted by Gasteiger charge is 2.26. The minimum absolute atomic E-state index is 0.186. The van der Waals surface area contributed by atoms with Crippen molar-refractivity contribution < 1.29 is 24.0 Å². The van der Waals surface area contributed by atoms with E-state index in [2.05, 4.69) is 27.3 Å². The van der Waals surface area contributed by atoms with E-state index in [-0.39, 0.29) is 13.1 Å². The summed E-state index contributed by atoms with van der Waals surface area (Å²) in [5.41, 5.74) is 0. The summed E-state index contributed by atoms with van der Waals surface area (Å²) in [6.07, 6.45) is 14.1. The summed E-state index contributed by atoms with van der Waals surface area (Å²) in [5, 5.41) is 7.29. The van der Waals surface area contributed by atoms with Crippen LogP contribution < -0.4 is 5.32 Å². The lowest BCUT2D eigenvalue weighted by Gasteiger charge is -2.25. The zero-order chi connectivity index (χ0) is 25.3. The molecule has 4 amide bonds. The van der Waals surface area contributed by atoms with E-state index in [0.717, 1.165) is 74.1 Å². The Morgan fingerprint density at radius 1 is 0.706 bits per heavy atom. The van der Waals surface area contributed by atoms with Gasteiger partial charge in [0, 0.05) is 19.6 Å². The quantitative estimate of drug-likeness (QED) is 0.122. The van der Waals surface area contributed by atoms with Gasteiger partial charge in [0.15, 0.2) is 0 Å². The second-order valence-corrected chi connectivity index (χ2v) is 7.82. The van der Waals surface area contributed by atoms with Crippen molar-refractivity contribution in [1.29, 1.82) is 0 Å². The van der Waals surface area contributed by atoms with Gasteiger partial charge in [0.1, 0.15) is 0 Å². The zero-order valence-corrected chi connectivity index (χ0v) is 20.3. The number of aliphatic imine (C=N–C) groups is 2. The molecule has 190 valence electrons. The molecule has 0 aliphatic rings. The first-order chi connectivity index (χ1) is 16.6. The van der Waals surface area contributed by atoms with Crippen LogP contribution in [0.25, 0.3) is 0 Å². The molecule has 0 aromatic heterocycles. The summed E-state index contributed by atoms with van der Waals surface area (Å²) in [6, 6.07) is -1.17. The lowest BCUT2D eigenvalue weighted by molar-refractivity contribution is 0.153. The molecule has 0 radical (unpaired) electrons. The number of amides is 4. The summed E-state index contributed by atoms with van der Waals surface area (Å²) in [5.74, 6) is 0. The van der Waals surface area contributed by atoms with Gasteiger partial charge in [0.25, 0.3) is 6.08 Å². The number of rotatable bonds is 20. The number of nitrogens with zero attached hydrogens (tertiary/aromatic N) is 5. The number of hydrogen-bond acceptors (Lipinski definition) is 8. The molecular weight excluding hydrogens is 440 g/mol. The van der Waals surface area contributed by atoms with Gasteiger partial charge < -0.3 is 5.32 Å². The molecule has 34 heavy (non-hydrogen) atoms. The van der Waals surface area contributed by atoms with Gasteiger partial charge in [-0.25, -0.2) is 43.9 Å². The van der Waals surface area contributed by atoms with Crippen LogP contribution in [0.3, 0.4) is 0 Å². The monoisotopic (exact) mass is 478 g/mol. The van der Waals surface area contributed by atoms with Crippen molar-refractivity contribution in [1.82, 2.24) is 15.2 Å². The number of unbranched alkanes of at least 4 members (excludes halogenated alkanes) is 9. The number of carbonyl (C=O) groups excluding carboxylic acids is 5. The highest BCUT2D eigenvalue weighted by Crippen LogP contribution is 2.09. The fraction of sp³-hybridized carbons (Fsp3) is 0.783. The predicted octanol–water partition coefficient (Wildman–Crippen LogP) is 4.04. The van der Waals surface area contributed by atoms with Crippen LogP contribution in [0.5, 0.6) is 0 Å². The topological polar surface area (TPSA) is 141 Å². The van der Waals surface area contributed by atoms with E-state index in [1.54, 1.807) is 0 Å². The van der Waals surface area contributed by atoms with Crippen LogP contribution in [0.1, 0.15) is 84.0 Å². The third kappa shape index (κ3) is 16.5. The molecule has 0 aromatic carbocycles. The maximum atomic E-state index is 13.0. The van der Waals surface area contributed by atoms with Crippen molar-refractivity contribution in [2.24, 2.45) is 15.1 Å². The summed E-state index contributed by atoms with van der Waals surface area (Å²) in [4.78, 5) is 64.9. The van der Waals surface area contributed by atoms with E-state index >= 15 is 0 Å². The molecule has 11 heteroatoms. The third-order valence-electron chi connectivity index (χ3n) is 5.09. The Hall–Kier alpha value is -3.12. The van der Waals surface area contributed by atoms with Crippen LogP contribution in [0, 0.1) is 0 Å². The normalized spacial score (nSPS) is 9.79. The van der Waals surface area contributed by atoms with Gasteiger partial charge in [-0.15, -0.1) is 0 Å². The standard InChI is InChI=1S/C23H38N6O5/c1-2-3-4-13-18-29(27-21-32)23(34)28(17-12-8-7-10-15-25-20-31)22(33)26-16-11-6-5-9-14-24-19-30/h2-18H2,1H3,(H,26,33). The van der Waals surface area contributed by atoms with Crippen LogP contribution in [0.15, 0.2) is 15.1 Å². The first-order valence-corrected chi connectivity index (χ1v) is 12.1. The molecule has 0 heterocycles. The zero-order valence-electron chi connectivity index (χ0n) is 20.3. The van der Waals surface area contributed by atoms with Gasteiger partial charge in [0.2, 0.25) is 12.2 Å². The van der Waals surface area contributed by atoms with Crippen molar-refractivity contribution >= 4 is 30.3 Å². The van der Waals surface area contributed by atoms with Gasteiger partial charge in [-0.3, -0.25) is 0 Å². The van der Waals surface area contributed by atoms with Crippen molar-refractivity contribution in [2.45, 2.75) is 84.0 Å². The minimum Gasteiger partial charge on any atom is -0.338 e. The third-order valence-corrected chi connectivity index (χ3v) is 5.09. The molecule has 0 saturated heterocycles. The molecule has 0 bridgehead atoms. The van der Waals surface area contributed by atoms with Crippen LogP contribution in [-0.4, -0.2) is 72.9 Å². The number of urea groups is 2. The van der Waals surface area contributed by atoms with E-state index < -0.39 is 12.1 Å². The fourth-order valence-electron chi connectivity index (χ4n) is 3.22. The smallest absolute Gasteiger partial charge is 0.338 e. The van der Waals surface area contributed by atoms with Crippen LogP contribution in [0.2, 0.25) is 0 Å². The number of imide groups is 1.